The average molecular weight is 440 g/mol. The molecule has 170 valence electrons. The Labute approximate surface area is 183 Å². The van der Waals surface area contributed by atoms with Gasteiger partial charge in [-0.15, -0.1) is 0 Å². The molecule has 0 saturated heterocycles. The van der Waals surface area contributed by atoms with E-state index in [-0.39, 0.29) is 11.0 Å². The smallest absolute Gasteiger partial charge is 0.237 e. The van der Waals surface area contributed by atoms with Crippen molar-refractivity contribution < 1.29 is 14.3 Å². The summed E-state index contributed by atoms with van der Waals surface area (Å²) in [6.45, 7) is 1.97. The molecule has 0 unspecified atom stereocenters. The predicted molar refractivity (Wildman–Crippen MR) is 123 cm³/mol. The number of carbonyl (C=O) groups excluding carboxylic acids is 2. The number of hydrogen-bond acceptors (Lipinski definition) is 8. The average Bonchev–Trinajstić information content (AvgIpc) is 2.75. The maximum atomic E-state index is 12.1. The van der Waals surface area contributed by atoms with Crippen molar-refractivity contribution in [3.8, 4) is 5.75 Å². The number of hydrogen-bond donors (Lipinski definition) is 5. The Balaban J connectivity index is 2.23. The standard InChI is InChI=1S/C21H37N5O3S/c22-11-3-1-5-18(24)20(27)26-13-14-29-17-9-7-16(8-10-17)15-30-21(28)19(25)6-2-4-12-23/h7-10,18-19H,1-6,11-15,22-25H2,(H,26,27)/t18-,19+/m1/s1. The first-order valence-electron chi connectivity index (χ1n) is 10.5. The Bertz CT molecular complexity index is 615. The SMILES string of the molecule is NCCCC[C@@H](N)C(=O)NCCOc1ccc(CSC(=O)[C@@H](N)CCCCN)cc1. The fourth-order valence-electron chi connectivity index (χ4n) is 2.68. The van der Waals surface area contributed by atoms with Gasteiger partial charge in [0.15, 0.2) is 0 Å². The Morgan fingerprint density at radius 2 is 1.53 bits per heavy atom. The molecule has 0 aliphatic heterocycles. The summed E-state index contributed by atoms with van der Waals surface area (Å²) < 4.78 is 5.63. The molecule has 0 saturated carbocycles. The molecular formula is C21H37N5O3S. The minimum absolute atomic E-state index is 0.00400. The molecule has 0 aliphatic rings. The topological polar surface area (TPSA) is 159 Å². The van der Waals surface area contributed by atoms with Crippen molar-refractivity contribution in [2.75, 3.05) is 26.2 Å². The lowest BCUT2D eigenvalue weighted by atomic mass is 10.1. The zero-order chi connectivity index (χ0) is 22.2. The van der Waals surface area contributed by atoms with Gasteiger partial charge in [0, 0.05) is 5.75 Å². The Morgan fingerprint density at radius 3 is 2.13 bits per heavy atom. The third-order valence-corrected chi connectivity index (χ3v) is 5.62. The predicted octanol–water partition coefficient (Wildman–Crippen LogP) is 0.854. The number of nitrogens with two attached hydrogens (primary N) is 4. The minimum atomic E-state index is -0.509. The van der Waals surface area contributed by atoms with Gasteiger partial charge in [0.1, 0.15) is 12.4 Å². The normalized spacial score (nSPS) is 12.9. The largest absolute Gasteiger partial charge is 0.492 e. The number of carbonyl (C=O) groups is 2. The van der Waals surface area contributed by atoms with Gasteiger partial charge in [-0.1, -0.05) is 36.7 Å². The van der Waals surface area contributed by atoms with Gasteiger partial charge in [-0.25, -0.2) is 0 Å². The van der Waals surface area contributed by atoms with Gasteiger partial charge in [0.25, 0.3) is 0 Å². The molecule has 0 aromatic heterocycles. The van der Waals surface area contributed by atoms with Crippen LogP contribution in [-0.2, 0) is 15.3 Å². The van der Waals surface area contributed by atoms with Crippen LogP contribution < -0.4 is 33.0 Å². The zero-order valence-corrected chi connectivity index (χ0v) is 18.5. The lowest BCUT2D eigenvalue weighted by Crippen LogP contribution is -2.42. The van der Waals surface area contributed by atoms with E-state index in [1.165, 1.54) is 11.8 Å². The van der Waals surface area contributed by atoms with E-state index >= 15 is 0 Å². The van der Waals surface area contributed by atoms with Crippen molar-refractivity contribution in [1.82, 2.24) is 5.32 Å². The van der Waals surface area contributed by atoms with E-state index in [1.54, 1.807) is 0 Å². The summed E-state index contributed by atoms with van der Waals surface area (Å²) in [5.74, 6) is 1.10. The van der Waals surface area contributed by atoms with Crippen LogP contribution >= 0.6 is 11.8 Å². The molecule has 1 aromatic rings. The highest BCUT2D eigenvalue weighted by molar-refractivity contribution is 8.13. The van der Waals surface area contributed by atoms with Crippen molar-refractivity contribution in [2.24, 2.45) is 22.9 Å². The molecule has 0 fully saturated rings. The molecule has 0 aliphatic carbocycles. The Hall–Kier alpha value is -1.65. The van der Waals surface area contributed by atoms with Crippen molar-refractivity contribution in [3.63, 3.8) is 0 Å². The fraction of sp³-hybridized carbons (Fsp3) is 0.619. The molecule has 1 rings (SSSR count). The van der Waals surface area contributed by atoms with Gasteiger partial charge >= 0.3 is 0 Å². The van der Waals surface area contributed by atoms with Gasteiger partial charge in [-0.05, 0) is 56.5 Å². The molecule has 0 spiro atoms. The van der Waals surface area contributed by atoms with E-state index in [9.17, 15) is 9.59 Å². The van der Waals surface area contributed by atoms with Crippen molar-refractivity contribution in [1.29, 1.82) is 0 Å². The summed E-state index contributed by atoms with van der Waals surface area (Å²) in [7, 11) is 0. The second-order valence-electron chi connectivity index (χ2n) is 7.17. The number of thioether (sulfide) groups is 1. The highest BCUT2D eigenvalue weighted by atomic mass is 32.2. The van der Waals surface area contributed by atoms with Crippen LogP contribution in [0.15, 0.2) is 24.3 Å². The summed E-state index contributed by atoms with van der Waals surface area (Å²) in [6, 6.07) is 6.59. The second kappa shape index (κ2) is 16.1. The maximum Gasteiger partial charge on any atom is 0.237 e. The minimum Gasteiger partial charge on any atom is -0.492 e. The quantitative estimate of drug-likeness (QED) is 0.237. The van der Waals surface area contributed by atoms with Crippen LogP contribution in [0.5, 0.6) is 5.75 Å². The molecule has 30 heavy (non-hydrogen) atoms. The summed E-state index contributed by atoms with van der Waals surface area (Å²) >= 11 is 1.23. The van der Waals surface area contributed by atoms with Gasteiger partial charge < -0.3 is 33.0 Å². The summed E-state index contributed by atoms with van der Waals surface area (Å²) in [5.41, 5.74) is 23.7. The van der Waals surface area contributed by atoms with E-state index in [4.69, 9.17) is 27.7 Å². The number of rotatable bonds is 16. The highest BCUT2D eigenvalue weighted by Gasteiger charge is 2.14. The molecule has 0 heterocycles. The van der Waals surface area contributed by atoms with Crippen LogP contribution in [0.4, 0.5) is 0 Å². The monoisotopic (exact) mass is 439 g/mol. The number of amides is 1. The molecular weight excluding hydrogens is 402 g/mol. The molecule has 2 atom stereocenters. The summed E-state index contributed by atoms with van der Waals surface area (Å²) in [6.07, 6.45) is 4.77. The third-order valence-electron chi connectivity index (χ3n) is 4.55. The van der Waals surface area contributed by atoms with Gasteiger partial charge in [-0.2, -0.15) is 0 Å². The first-order chi connectivity index (χ1) is 14.5. The molecule has 0 radical (unpaired) electrons. The van der Waals surface area contributed by atoms with Crippen LogP contribution in [0, 0.1) is 0 Å². The summed E-state index contributed by atoms with van der Waals surface area (Å²) in [4.78, 5) is 23.9. The molecule has 9 heteroatoms. The lowest BCUT2D eigenvalue weighted by molar-refractivity contribution is -0.122. The highest BCUT2D eigenvalue weighted by Crippen LogP contribution is 2.19. The van der Waals surface area contributed by atoms with Crippen LogP contribution in [0.25, 0.3) is 0 Å². The number of nitrogens with one attached hydrogen (secondary N) is 1. The van der Waals surface area contributed by atoms with Crippen LogP contribution in [0.3, 0.4) is 0 Å². The first-order valence-corrected chi connectivity index (χ1v) is 11.5. The number of benzene rings is 1. The lowest BCUT2D eigenvalue weighted by Gasteiger charge is -2.13. The summed E-state index contributed by atoms with van der Waals surface area (Å²) in [5, 5.41) is 2.78. The van der Waals surface area contributed by atoms with Gasteiger partial charge in [0.05, 0.1) is 18.6 Å². The van der Waals surface area contributed by atoms with E-state index < -0.39 is 12.1 Å². The second-order valence-corrected chi connectivity index (χ2v) is 8.15. The van der Waals surface area contributed by atoms with E-state index in [0.29, 0.717) is 50.6 Å². The molecule has 9 N–H and O–H groups in total. The van der Waals surface area contributed by atoms with Crippen LogP contribution in [0.2, 0.25) is 0 Å². The number of ether oxygens (including phenoxy) is 1. The van der Waals surface area contributed by atoms with Crippen LogP contribution in [0.1, 0.15) is 44.1 Å². The molecule has 0 bridgehead atoms. The zero-order valence-electron chi connectivity index (χ0n) is 17.7. The fourth-order valence-corrected chi connectivity index (χ4v) is 3.52. The van der Waals surface area contributed by atoms with Gasteiger partial charge in [-0.3, -0.25) is 9.59 Å². The first kappa shape index (κ1) is 26.4. The van der Waals surface area contributed by atoms with Crippen molar-refractivity contribution in [3.05, 3.63) is 29.8 Å². The molecule has 1 aromatic carbocycles. The van der Waals surface area contributed by atoms with Gasteiger partial charge in [0.2, 0.25) is 11.0 Å². The Kier molecular flexibility index (Phi) is 14.2. The van der Waals surface area contributed by atoms with E-state index in [1.807, 2.05) is 24.3 Å². The van der Waals surface area contributed by atoms with Crippen molar-refractivity contribution >= 4 is 22.8 Å². The van der Waals surface area contributed by atoms with Crippen molar-refractivity contribution in [2.45, 2.75) is 56.4 Å². The molecule has 1 amide bonds. The Morgan fingerprint density at radius 1 is 0.933 bits per heavy atom. The van der Waals surface area contributed by atoms with Crippen LogP contribution in [-0.4, -0.2) is 49.3 Å². The molecule has 8 nitrogen and oxygen atoms in total. The van der Waals surface area contributed by atoms with E-state index in [2.05, 4.69) is 5.32 Å². The van der Waals surface area contributed by atoms with E-state index in [0.717, 1.165) is 31.2 Å². The maximum absolute atomic E-state index is 12.1. The third kappa shape index (κ3) is 11.5. The number of unbranched alkanes of at least 4 members (excludes halogenated alkanes) is 2.